The molecule has 0 radical (unpaired) electrons. The molecule has 2 aromatic carbocycles. The number of phenols is 1. The Bertz CT molecular complexity index is 762. The molecule has 0 fully saturated rings. The highest BCUT2D eigenvalue weighted by Crippen LogP contribution is 2.21. The Kier molecular flexibility index (Phi) is 3.60. The van der Waals surface area contributed by atoms with Gasteiger partial charge in [-0.05, 0) is 36.2 Å². The van der Waals surface area contributed by atoms with Gasteiger partial charge in [-0.3, -0.25) is 0 Å². The molecule has 1 heterocycles. The van der Waals surface area contributed by atoms with E-state index in [1.807, 2.05) is 12.1 Å². The van der Waals surface area contributed by atoms with Crippen molar-refractivity contribution in [2.45, 2.75) is 26.3 Å². The number of hydrogen-bond donors (Lipinski definition) is 1. The summed E-state index contributed by atoms with van der Waals surface area (Å²) >= 11 is 0. The molecule has 0 bridgehead atoms. The average Bonchev–Trinajstić information content (AvgIpc) is 2.79. The third-order valence-corrected chi connectivity index (χ3v) is 3.54. The van der Waals surface area contributed by atoms with Crippen LogP contribution in [0.15, 0.2) is 42.5 Å². The molecular formula is C17H17FN2O. The van der Waals surface area contributed by atoms with Crippen molar-refractivity contribution in [2.75, 3.05) is 0 Å². The summed E-state index contributed by atoms with van der Waals surface area (Å²) in [5.41, 5.74) is 2.73. The lowest BCUT2D eigenvalue weighted by molar-refractivity contribution is 0.475. The maximum absolute atomic E-state index is 13.4. The maximum atomic E-state index is 13.4. The molecule has 0 spiro atoms. The summed E-state index contributed by atoms with van der Waals surface area (Å²) in [4.78, 5) is 4.57. The van der Waals surface area contributed by atoms with Gasteiger partial charge < -0.3 is 9.67 Å². The van der Waals surface area contributed by atoms with Crippen LogP contribution in [0.2, 0.25) is 0 Å². The Morgan fingerprint density at radius 3 is 2.62 bits per heavy atom. The van der Waals surface area contributed by atoms with Crippen molar-refractivity contribution in [1.82, 2.24) is 9.55 Å². The Labute approximate surface area is 122 Å². The van der Waals surface area contributed by atoms with E-state index < -0.39 is 0 Å². The zero-order valence-corrected chi connectivity index (χ0v) is 11.9. The zero-order valence-electron chi connectivity index (χ0n) is 11.9. The largest absolute Gasteiger partial charge is 0.508 e. The van der Waals surface area contributed by atoms with Gasteiger partial charge in [-0.25, -0.2) is 9.37 Å². The third kappa shape index (κ3) is 2.75. The number of aromatic hydroxyl groups is 1. The molecule has 0 aliphatic rings. The Hall–Kier alpha value is -2.36. The molecule has 108 valence electrons. The van der Waals surface area contributed by atoms with Gasteiger partial charge in [0.15, 0.2) is 0 Å². The molecule has 3 nitrogen and oxygen atoms in total. The van der Waals surface area contributed by atoms with E-state index in [4.69, 9.17) is 0 Å². The molecule has 0 amide bonds. The number of rotatable bonds is 4. The van der Waals surface area contributed by atoms with Crippen molar-refractivity contribution >= 4 is 11.0 Å². The predicted molar refractivity (Wildman–Crippen MR) is 80.9 cm³/mol. The lowest BCUT2D eigenvalue weighted by Gasteiger charge is -2.08. The summed E-state index contributed by atoms with van der Waals surface area (Å²) in [7, 11) is 0. The molecule has 0 saturated heterocycles. The number of hydrogen-bond acceptors (Lipinski definition) is 2. The number of imidazole rings is 1. The zero-order chi connectivity index (χ0) is 14.8. The van der Waals surface area contributed by atoms with Gasteiger partial charge in [0.2, 0.25) is 0 Å². The van der Waals surface area contributed by atoms with Crippen molar-refractivity contribution in [1.29, 1.82) is 0 Å². The van der Waals surface area contributed by atoms with Crippen molar-refractivity contribution in [3.63, 3.8) is 0 Å². The second-order valence-electron chi connectivity index (χ2n) is 5.16. The van der Waals surface area contributed by atoms with Crippen LogP contribution in [0.4, 0.5) is 4.39 Å². The van der Waals surface area contributed by atoms with E-state index in [-0.39, 0.29) is 11.6 Å². The molecular weight excluding hydrogens is 267 g/mol. The van der Waals surface area contributed by atoms with Crippen LogP contribution in [-0.2, 0) is 13.0 Å². The molecule has 0 aliphatic carbocycles. The lowest BCUT2D eigenvalue weighted by atomic mass is 10.1. The number of benzene rings is 2. The van der Waals surface area contributed by atoms with E-state index >= 15 is 0 Å². The molecule has 0 aliphatic heterocycles. The van der Waals surface area contributed by atoms with Crippen LogP contribution in [0.25, 0.3) is 11.0 Å². The van der Waals surface area contributed by atoms with Crippen LogP contribution in [0.5, 0.6) is 5.75 Å². The fraction of sp³-hybridized carbons (Fsp3) is 0.235. The summed E-state index contributed by atoms with van der Waals surface area (Å²) in [5, 5.41) is 9.34. The Morgan fingerprint density at radius 1 is 1.14 bits per heavy atom. The van der Waals surface area contributed by atoms with E-state index in [0.717, 1.165) is 29.9 Å². The first-order valence-electron chi connectivity index (χ1n) is 7.10. The van der Waals surface area contributed by atoms with Crippen molar-refractivity contribution < 1.29 is 9.50 Å². The summed E-state index contributed by atoms with van der Waals surface area (Å²) in [6.45, 7) is 2.97. The number of nitrogens with zero attached hydrogens (tertiary/aromatic N) is 2. The number of phenolic OH excluding ortho intramolecular Hbond substituents is 1. The molecule has 21 heavy (non-hydrogen) atoms. The van der Waals surface area contributed by atoms with Crippen LogP contribution < -0.4 is 0 Å². The third-order valence-electron chi connectivity index (χ3n) is 3.54. The van der Waals surface area contributed by atoms with E-state index in [1.54, 1.807) is 18.2 Å². The van der Waals surface area contributed by atoms with Crippen LogP contribution in [-0.4, -0.2) is 14.7 Å². The van der Waals surface area contributed by atoms with Gasteiger partial charge in [-0.2, -0.15) is 0 Å². The summed E-state index contributed by atoms with van der Waals surface area (Å²) in [5.74, 6) is 0.908. The van der Waals surface area contributed by atoms with Gasteiger partial charge >= 0.3 is 0 Å². The minimum absolute atomic E-state index is 0.253. The first-order valence-corrected chi connectivity index (χ1v) is 7.10. The summed E-state index contributed by atoms with van der Waals surface area (Å²) in [6.07, 6.45) is 1.65. The monoisotopic (exact) mass is 284 g/mol. The highest BCUT2D eigenvalue weighted by molar-refractivity contribution is 5.76. The minimum Gasteiger partial charge on any atom is -0.508 e. The first-order chi connectivity index (χ1) is 10.2. The second-order valence-corrected chi connectivity index (χ2v) is 5.16. The lowest BCUT2D eigenvalue weighted by Crippen LogP contribution is -2.04. The van der Waals surface area contributed by atoms with Gasteiger partial charge in [0, 0.05) is 19.0 Å². The van der Waals surface area contributed by atoms with Gasteiger partial charge in [-0.1, -0.05) is 19.1 Å². The van der Waals surface area contributed by atoms with E-state index in [1.165, 1.54) is 12.1 Å². The highest BCUT2D eigenvalue weighted by atomic mass is 19.1. The number of aryl methyl sites for hydroxylation is 1. The molecule has 0 unspecified atom stereocenters. The quantitative estimate of drug-likeness (QED) is 0.789. The van der Waals surface area contributed by atoms with Crippen LogP contribution >= 0.6 is 0 Å². The van der Waals surface area contributed by atoms with Crippen LogP contribution in [0.1, 0.15) is 24.7 Å². The van der Waals surface area contributed by atoms with Gasteiger partial charge in [0.05, 0.1) is 11.0 Å². The van der Waals surface area contributed by atoms with E-state index in [0.29, 0.717) is 11.9 Å². The van der Waals surface area contributed by atoms with Crippen molar-refractivity contribution in [3.8, 4) is 5.75 Å². The smallest absolute Gasteiger partial charge is 0.125 e. The van der Waals surface area contributed by atoms with E-state index in [9.17, 15) is 9.50 Å². The molecule has 3 aromatic rings. The molecule has 1 aromatic heterocycles. The van der Waals surface area contributed by atoms with Crippen molar-refractivity contribution in [2.24, 2.45) is 0 Å². The number of fused-ring (bicyclic) bond motifs is 1. The highest BCUT2D eigenvalue weighted by Gasteiger charge is 2.11. The molecule has 1 N–H and O–H groups in total. The molecule has 3 rings (SSSR count). The van der Waals surface area contributed by atoms with E-state index in [2.05, 4.69) is 16.5 Å². The van der Waals surface area contributed by atoms with Gasteiger partial charge in [-0.15, -0.1) is 0 Å². The summed E-state index contributed by atoms with van der Waals surface area (Å²) in [6, 6.07) is 11.8. The Balaban J connectivity index is 2.03. The Morgan fingerprint density at radius 2 is 1.90 bits per heavy atom. The topological polar surface area (TPSA) is 38.0 Å². The van der Waals surface area contributed by atoms with Gasteiger partial charge in [0.1, 0.15) is 17.4 Å². The molecule has 0 atom stereocenters. The maximum Gasteiger partial charge on any atom is 0.125 e. The standard InChI is InChI=1S/C17H17FN2O/c1-2-9-20-16-8-5-13(18)11-15(16)19-17(20)10-12-3-6-14(21)7-4-12/h3-8,11,21H,2,9-10H2,1H3. The minimum atomic E-state index is -0.264. The normalized spacial score (nSPS) is 11.1. The SMILES string of the molecule is CCCn1c(Cc2ccc(O)cc2)nc2cc(F)ccc21. The predicted octanol–water partition coefficient (Wildman–Crippen LogP) is 3.88. The number of aromatic nitrogens is 2. The second kappa shape index (κ2) is 5.56. The number of halogens is 1. The molecule has 4 heteroatoms. The van der Waals surface area contributed by atoms with Crippen LogP contribution in [0, 0.1) is 5.82 Å². The van der Waals surface area contributed by atoms with Crippen LogP contribution in [0.3, 0.4) is 0 Å². The summed E-state index contributed by atoms with van der Waals surface area (Å²) < 4.78 is 15.5. The van der Waals surface area contributed by atoms with Crippen molar-refractivity contribution in [3.05, 3.63) is 59.7 Å². The average molecular weight is 284 g/mol. The first kappa shape index (κ1) is 13.6. The molecule has 0 saturated carbocycles. The fourth-order valence-electron chi connectivity index (χ4n) is 2.56. The fourth-order valence-corrected chi connectivity index (χ4v) is 2.56. The van der Waals surface area contributed by atoms with Gasteiger partial charge in [0.25, 0.3) is 0 Å².